The number of nitrogens with zero attached hydrogens (tertiary/aromatic N) is 3. The summed E-state index contributed by atoms with van der Waals surface area (Å²) < 4.78 is 0. The Morgan fingerprint density at radius 2 is 1.31 bits per heavy atom. The van der Waals surface area contributed by atoms with E-state index in [0.717, 1.165) is 9.80 Å². The number of carbonyl (C=O) groups is 3. The summed E-state index contributed by atoms with van der Waals surface area (Å²) in [5.41, 5.74) is 3.55. The van der Waals surface area contributed by atoms with Gasteiger partial charge in [-0.2, -0.15) is 0 Å². The maximum atomic E-state index is 12.1. The van der Waals surface area contributed by atoms with Crippen LogP contribution in [0.25, 0.3) is 0 Å². The number of fused-ring (bicyclic) bond motifs is 1. The number of allylic oxidation sites excluding steroid dienone is 7. The average molecular weight is 391 g/mol. The zero-order valence-corrected chi connectivity index (χ0v) is 17.3. The average Bonchev–Trinajstić information content (AvgIpc) is 2.90. The molecule has 0 aromatic heterocycles. The van der Waals surface area contributed by atoms with Crippen LogP contribution in [0.4, 0.5) is 10.5 Å². The zero-order chi connectivity index (χ0) is 21.3. The number of rotatable bonds is 3. The maximum absolute atomic E-state index is 12.1. The van der Waals surface area contributed by atoms with Crippen molar-refractivity contribution in [2.45, 2.75) is 19.3 Å². The number of benzene rings is 1. The molecule has 0 radical (unpaired) electrons. The molecule has 0 spiro atoms. The molecule has 2 aliphatic heterocycles. The number of carbonyl (C=O) groups excluding carboxylic acids is 3. The standard InChI is InChI=1S/C23H25N3O3/c1-23(2)17-13-10-11-14-18(17)24(3)19(23)15-9-7-6-8-12-16-20(27)25(4)22(29)26(5)21(16)28/h6-15H,1-5H3/b8-6+,9-7+,19-15-. The first kappa shape index (κ1) is 20.3. The first-order valence-electron chi connectivity index (χ1n) is 9.37. The summed E-state index contributed by atoms with van der Waals surface area (Å²) in [5.74, 6) is -1.19. The number of barbiturate groups is 1. The monoisotopic (exact) mass is 391 g/mol. The van der Waals surface area contributed by atoms with Crippen LogP contribution >= 0.6 is 0 Å². The van der Waals surface area contributed by atoms with Crippen LogP contribution < -0.4 is 4.90 Å². The van der Waals surface area contributed by atoms with Gasteiger partial charge in [0.2, 0.25) is 0 Å². The topological polar surface area (TPSA) is 60.9 Å². The fourth-order valence-electron chi connectivity index (χ4n) is 3.72. The summed E-state index contributed by atoms with van der Waals surface area (Å²) in [5, 5.41) is 0. The highest BCUT2D eigenvalue weighted by Crippen LogP contribution is 2.46. The lowest BCUT2D eigenvalue weighted by atomic mass is 9.84. The summed E-state index contributed by atoms with van der Waals surface area (Å²) in [7, 11) is 4.77. The summed E-state index contributed by atoms with van der Waals surface area (Å²) in [6, 6.07) is 7.73. The molecular weight excluding hydrogens is 366 g/mol. The van der Waals surface area contributed by atoms with Gasteiger partial charge in [-0.05, 0) is 23.8 Å². The van der Waals surface area contributed by atoms with Crippen molar-refractivity contribution in [2.75, 3.05) is 26.0 Å². The number of imide groups is 2. The highest BCUT2D eigenvalue weighted by Gasteiger charge is 2.38. The van der Waals surface area contributed by atoms with Crippen molar-refractivity contribution in [1.29, 1.82) is 0 Å². The first-order valence-corrected chi connectivity index (χ1v) is 9.37. The fraction of sp³-hybridized carbons (Fsp3) is 0.261. The second kappa shape index (κ2) is 7.54. The normalized spacial score (nSPS) is 20.6. The second-order valence-corrected chi connectivity index (χ2v) is 7.61. The molecule has 2 heterocycles. The third-order valence-electron chi connectivity index (χ3n) is 5.43. The Kier molecular flexibility index (Phi) is 5.29. The Morgan fingerprint density at radius 1 is 0.759 bits per heavy atom. The van der Waals surface area contributed by atoms with Gasteiger partial charge < -0.3 is 4.90 Å². The zero-order valence-electron chi connectivity index (χ0n) is 17.3. The van der Waals surface area contributed by atoms with Gasteiger partial charge in [0.1, 0.15) is 5.57 Å². The molecule has 29 heavy (non-hydrogen) atoms. The molecule has 4 amide bonds. The van der Waals surface area contributed by atoms with Crippen LogP contribution in [0.5, 0.6) is 0 Å². The van der Waals surface area contributed by atoms with Crippen molar-refractivity contribution in [3.8, 4) is 0 Å². The minimum absolute atomic E-state index is 0.0373. The van der Waals surface area contributed by atoms with Gasteiger partial charge in [-0.15, -0.1) is 0 Å². The maximum Gasteiger partial charge on any atom is 0.333 e. The predicted octanol–water partition coefficient (Wildman–Crippen LogP) is 3.39. The van der Waals surface area contributed by atoms with E-state index in [9.17, 15) is 14.4 Å². The Bertz CT molecular complexity index is 972. The van der Waals surface area contributed by atoms with Gasteiger partial charge in [0, 0.05) is 37.9 Å². The summed E-state index contributed by atoms with van der Waals surface area (Å²) in [6.45, 7) is 4.40. The smallest absolute Gasteiger partial charge is 0.333 e. The van der Waals surface area contributed by atoms with E-state index in [1.165, 1.54) is 37.1 Å². The van der Waals surface area contributed by atoms with Crippen molar-refractivity contribution in [2.24, 2.45) is 0 Å². The van der Waals surface area contributed by atoms with Crippen LogP contribution in [0.2, 0.25) is 0 Å². The molecule has 0 atom stereocenters. The number of amides is 4. The minimum atomic E-state index is -0.628. The molecule has 150 valence electrons. The molecule has 1 aromatic carbocycles. The van der Waals surface area contributed by atoms with E-state index < -0.39 is 17.8 Å². The van der Waals surface area contributed by atoms with Crippen molar-refractivity contribution in [3.63, 3.8) is 0 Å². The van der Waals surface area contributed by atoms with E-state index in [4.69, 9.17) is 0 Å². The third kappa shape index (κ3) is 3.42. The van der Waals surface area contributed by atoms with Crippen molar-refractivity contribution >= 4 is 23.5 Å². The third-order valence-corrected chi connectivity index (χ3v) is 5.43. The first-order chi connectivity index (χ1) is 13.7. The lowest BCUT2D eigenvalue weighted by molar-refractivity contribution is -0.134. The number of anilines is 1. The predicted molar refractivity (Wildman–Crippen MR) is 113 cm³/mol. The fourth-order valence-corrected chi connectivity index (χ4v) is 3.72. The Labute approximate surface area is 171 Å². The van der Waals surface area contributed by atoms with Gasteiger partial charge in [0.25, 0.3) is 11.8 Å². The Hall–Kier alpha value is -3.41. The van der Waals surface area contributed by atoms with Gasteiger partial charge in [-0.1, -0.05) is 56.4 Å². The van der Waals surface area contributed by atoms with Crippen molar-refractivity contribution < 1.29 is 14.4 Å². The number of urea groups is 1. The summed E-state index contributed by atoms with van der Waals surface area (Å²) in [4.78, 5) is 40.0. The number of hydrogen-bond donors (Lipinski definition) is 0. The van der Waals surface area contributed by atoms with Crippen LogP contribution in [0.15, 0.2) is 72.0 Å². The van der Waals surface area contributed by atoms with Gasteiger partial charge >= 0.3 is 6.03 Å². The molecule has 0 saturated carbocycles. The van der Waals surface area contributed by atoms with Gasteiger partial charge in [-0.25, -0.2) is 4.79 Å². The molecule has 0 bridgehead atoms. The molecule has 3 rings (SSSR count). The van der Waals surface area contributed by atoms with Gasteiger partial charge in [0.05, 0.1) is 0 Å². The van der Waals surface area contributed by atoms with E-state index in [1.807, 2.05) is 18.2 Å². The second-order valence-electron chi connectivity index (χ2n) is 7.61. The van der Waals surface area contributed by atoms with Gasteiger partial charge in [-0.3, -0.25) is 19.4 Å². The molecule has 0 aliphatic carbocycles. The van der Waals surface area contributed by atoms with Crippen LogP contribution in [-0.4, -0.2) is 48.8 Å². The Balaban J connectivity index is 1.75. The highest BCUT2D eigenvalue weighted by molar-refractivity contribution is 6.28. The minimum Gasteiger partial charge on any atom is -0.347 e. The SMILES string of the molecule is CN1C(=O)C(=C/C=C/C=C/C=C2\N(C)c3ccccc3C2(C)C)C(=O)N(C)C1=O. The molecule has 1 fully saturated rings. The number of hydrogen-bond acceptors (Lipinski definition) is 4. The summed E-state index contributed by atoms with van der Waals surface area (Å²) in [6.07, 6.45) is 10.6. The molecule has 6 heteroatoms. The van der Waals surface area contributed by atoms with Crippen LogP contribution in [0.3, 0.4) is 0 Å². The van der Waals surface area contributed by atoms with E-state index >= 15 is 0 Å². The number of para-hydroxylation sites is 1. The highest BCUT2D eigenvalue weighted by atomic mass is 16.2. The molecule has 0 N–H and O–H groups in total. The van der Waals surface area contributed by atoms with Gasteiger partial charge in [0.15, 0.2) is 0 Å². The Morgan fingerprint density at radius 3 is 1.90 bits per heavy atom. The molecule has 1 aromatic rings. The molecule has 1 saturated heterocycles. The molecule has 6 nitrogen and oxygen atoms in total. The summed E-state index contributed by atoms with van der Waals surface area (Å²) >= 11 is 0. The van der Waals surface area contributed by atoms with E-state index in [2.05, 4.69) is 50.1 Å². The van der Waals surface area contributed by atoms with E-state index in [1.54, 1.807) is 12.2 Å². The number of likely N-dealkylation sites (N-methyl/N-ethyl adjacent to an activating group) is 3. The lowest BCUT2D eigenvalue weighted by Gasteiger charge is -2.28. The van der Waals surface area contributed by atoms with Crippen molar-refractivity contribution in [1.82, 2.24) is 9.80 Å². The van der Waals surface area contributed by atoms with E-state index in [0.29, 0.717) is 0 Å². The molecule has 0 unspecified atom stereocenters. The lowest BCUT2D eigenvalue weighted by Crippen LogP contribution is -2.52. The largest absolute Gasteiger partial charge is 0.347 e. The van der Waals surface area contributed by atoms with Crippen molar-refractivity contribution in [3.05, 3.63) is 77.6 Å². The molecule has 2 aliphatic rings. The van der Waals surface area contributed by atoms with Crippen LogP contribution in [0.1, 0.15) is 19.4 Å². The van der Waals surface area contributed by atoms with Crippen LogP contribution in [-0.2, 0) is 15.0 Å². The van der Waals surface area contributed by atoms with E-state index in [-0.39, 0.29) is 11.0 Å². The quantitative estimate of drug-likeness (QED) is 0.450. The molecular formula is C23H25N3O3. The van der Waals surface area contributed by atoms with Crippen LogP contribution in [0, 0.1) is 0 Å².